The van der Waals surface area contributed by atoms with E-state index in [-0.39, 0.29) is 12.1 Å². The Morgan fingerprint density at radius 2 is 2.23 bits per heavy atom. The molecule has 0 bridgehead atoms. The van der Waals surface area contributed by atoms with Gasteiger partial charge in [0.05, 0.1) is 6.10 Å². The SMILES string of the molecule is CC(O)C1CC(N)CN(CCN)C1. The van der Waals surface area contributed by atoms with Crippen LogP contribution in [0.15, 0.2) is 0 Å². The monoisotopic (exact) mass is 187 g/mol. The molecule has 1 fully saturated rings. The van der Waals surface area contributed by atoms with Gasteiger partial charge in [-0.25, -0.2) is 0 Å². The van der Waals surface area contributed by atoms with E-state index in [0.717, 1.165) is 26.1 Å². The van der Waals surface area contributed by atoms with Crippen LogP contribution in [0.4, 0.5) is 0 Å². The number of nitrogens with two attached hydrogens (primary N) is 2. The summed E-state index contributed by atoms with van der Waals surface area (Å²) in [5.74, 6) is 0.315. The Kier molecular flexibility index (Phi) is 4.12. The zero-order valence-corrected chi connectivity index (χ0v) is 8.32. The van der Waals surface area contributed by atoms with Crippen molar-refractivity contribution in [3.8, 4) is 0 Å². The molecule has 0 amide bonds. The summed E-state index contributed by atoms with van der Waals surface area (Å²) in [7, 11) is 0. The minimum Gasteiger partial charge on any atom is -0.393 e. The van der Waals surface area contributed by atoms with Crippen molar-refractivity contribution in [3.63, 3.8) is 0 Å². The van der Waals surface area contributed by atoms with Gasteiger partial charge in [-0.05, 0) is 19.3 Å². The van der Waals surface area contributed by atoms with Crippen LogP contribution in [0.3, 0.4) is 0 Å². The van der Waals surface area contributed by atoms with Gasteiger partial charge in [0.2, 0.25) is 0 Å². The van der Waals surface area contributed by atoms with E-state index in [1.807, 2.05) is 6.92 Å². The van der Waals surface area contributed by atoms with Gasteiger partial charge < -0.3 is 21.5 Å². The summed E-state index contributed by atoms with van der Waals surface area (Å²) in [6.07, 6.45) is 0.672. The van der Waals surface area contributed by atoms with E-state index in [2.05, 4.69) is 4.90 Å². The molecule has 0 saturated carbocycles. The summed E-state index contributed by atoms with van der Waals surface area (Å²) < 4.78 is 0. The van der Waals surface area contributed by atoms with Gasteiger partial charge in [-0.3, -0.25) is 0 Å². The summed E-state index contributed by atoms with van der Waals surface area (Å²) in [6.45, 7) is 5.24. The molecule has 0 radical (unpaired) electrons. The molecule has 1 rings (SSSR count). The third-order valence-electron chi connectivity index (χ3n) is 2.72. The van der Waals surface area contributed by atoms with Gasteiger partial charge >= 0.3 is 0 Å². The summed E-state index contributed by atoms with van der Waals surface area (Å²) in [5.41, 5.74) is 11.4. The molecule has 1 aliphatic heterocycles. The number of aliphatic hydroxyl groups excluding tert-OH is 1. The van der Waals surface area contributed by atoms with E-state index in [1.165, 1.54) is 0 Å². The fourth-order valence-electron chi connectivity index (χ4n) is 1.99. The molecule has 0 aromatic heterocycles. The van der Waals surface area contributed by atoms with Crippen molar-refractivity contribution in [3.05, 3.63) is 0 Å². The maximum Gasteiger partial charge on any atom is 0.0553 e. The van der Waals surface area contributed by atoms with Crippen LogP contribution in [0, 0.1) is 5.92 Å². The quantitative estimate of drug-likeness (QED) is 0.528. The number of piperidine rings is 1. The van der Waals surface area contributed by atoms with Gasteiger partial charge in [0.15, 0.2) is 0 Å². The highest BCUT2D eigenvalue weighted by atomic mass is 16.3. The standard InChI is InChI=1S/C9H21N3O/c1-7(13)8-4-9(11)6-12(5-8)3-2-10/h7-9,13H,2-6,10-11H2,1H3. The molecule has 1 aliphatic rings. The number of rotatable bonds is 3. The number of hydrogen-bond donors (Lipinski definition) is 3. The van der Waals surface area contributed by atoms with E-state index < -0.39 is 0 Å². The fourth-order valence-corrected chi connectivity index (χ4v) is 1.99. The van der Waals surface area contributed by atoms with Gasteiger partial charge in [-0.1, -0.05) is 0 Å². The Labute approximate surface area is 79.9 Å². The average Bonchev–Trinajstić information content (AvgIpc) is 2.03. The van der Waals surface area contributed by atoms with Crippen LogP contribution in [0.5, 0.6) is 0 Å². The van der Waals surface area contributed by atoms with Crippen molar-refractivity contribution in [2.75, 3.05) is 26.2 Å². The first kappa shape index (κ1) is 10.9. The fraction of sp³-hybridized carbons (Fsp3) is 1.00. The van der Waals surface area contributed by atoms with Crippen LogP contribution in [0.2, 0.25) is 0 Å². The third-order valence-corrected chi connectivity index (χ3v) is 2.72. The summed E-state index contributed by atoms with van der Waals surface area (Å²) in [6, 6.07) is 0.194. The highest BCUT2D eigenvalue weighted by Gasteiger charge is 2.27. The summed E-state index contributed by atoms with van der Waals surface area (Å²) >= 11 is 0. The molecule has 5 N–H and O–H groups in total. The van der Waals surface area contributed by atoms with E-state index in [9.17, 15) is 5.11 Å². The lowest BCUT2D eigenvalue weighted by Crippen LogP contribution is -2.50. The van der Waals surface area contributed by atoms with Gasteiger partial charge in [0, 0.05) is 32.2 Å². The van der Waals surface area contributed by atoms with Crippen molar-refractivity contribution >= 4 is 0 Å². The van der Waals surface area contributed by atoms with Crippen LogP contribution in [-0.2, 0) is 0 Å². The summed E-state index contributed by atoms with van der Waals surface area (Å²) in [5, 5.41) is 9.47. The number of hydrogen-bond acceptors (Lipinski definition) is 4. The Balaban J connectivity index is 2.42. The first-order chi connectivity index (χ1) is 6.13. The topological polar surface area (TPSA) is 75.5 Å². The normalized spacial score (nSPS) is 33.2. The van der Waals surface area contributed by atoms with E-state index >= 15 is 0 Å². The predicted molar refractivity (Wildman–Crippen MR) is 53.3 cm³/mol. The lowest BCUT2D eigenvalue weighted by Gasteiger charge is -2.37. The van der Waals surface area contributed by atoms with Crippen LogP contribution in [-0.4, -0.2) is 48.3 Å². The maximum absolute atomic E-state index is 9.47. The Bertz CT molecular complexity index is 152. The Morgan fingerprint density at radius 1 is 1.54 bits per heavy atom. The lowest BCUT2D eigenvalue weighted by atomic mass is 9.91. The second kappa shape index (κ2) is 4.91. The zero-order chi connectivity index (χ0) is 9.84. The van der Waals surface area contributed by atoms with Crippen LogP contribution < -0.4 is 11.5 Å². The number of nitrogens with zero attached hydrogens (tertiary/aromatic N) is 1. The highest BCUT2D eigenvalue weighted by Crippen LogP contribution is 2.18. The Hall–Kier alpha value is -0.160. The number of likely N-dealkylation sites (tertiary alicyclic amines) is 1. The molecule has 1 saturated heterocycles. The molecule has 1 heterocycles. The second-order valence-electron chi connectivity index (χ2n) is 4.04. The zero-order valence-electron chi connectivity index (χ0n) is 8.32. The molecule has 4 nitrogen and oxygen atoms in total. The van der Waals surface area contributed by atoms with E-state index in [0.29, 0.717) is 12.5 Å². The molecule has 13 heavy (non-hydrogen) atoms. The predicted octanol–water partition coefficient (Wildman–Crippen LogP) is -1.02. The van der Waals surface area contributed by atoms with Crippen molar-refractivity contribution in [1.82, 2.24) is 4.90 Å². The van der Waals surface area contributed by atoms with Crippen LogP contribution in [0.1, 0.15) is 13.3 Å². The van der Waals surface area contributed by atoms with E-state index in [4.69, 9.17) is 11.5 Å². The minimum absolute atomic E-state index is 0.194. The minimum atomic E-state index is -0.258. The molecule has 0 aromatic carbocycles. The van der Waals surface area contributed by atoms with Crippen molar-refractivity contribution in [2.45, 2.75) is 25.5 Å². The first-order valence-corrected chi connectivity index (χ1v) is 4.99. The second-order valence-corrected chi connectivity index (χ2v) is 4.04. The van der Waals surface area contributed by atoms with Crippen LogP contribution >= 0.6 is 0 Å². The molecule has 0 spiro atoms. The third kappa shape index (κ3) is 3.23. The largest absolute Gasteiger partial charge is 0.393 e. The first-order valence-electron chi connectivity index (χ1n) is 4.99. The van der Waals surface area contributed by atoms with Gasteiger partial charge in [-0.2, -0.15) is 0 Å². The Morgan fingerprint density at radius 3 is 2.77 bits per heavy atom. The van der Waals surface area contributed by atoms with Crippen LogP contribution in [0.25, 0.3) is 0 Å². The molecule has 78 valence electrons. The highest BCUT2D eigenvalue weighted by molar-refractivity contribution is 4.83. The smallest absolute Gasteiger partial charge is 0.0553 e. The van der Waals surface area contributed by atoms with Crippen molar-refractivity contribution < 1.29 is 5.11 Å². The lowest BCUT2D eigenvalue weighted by molar-refractivity contribution is 0.0561. The average molecular weight is 187 g/mol. The molecule has 3 unspecified atom stereocenters. The van der Waals surface area contributed by atoms with E-state index in [1.54, 1.807) is 0 Å². The molecule has 3 atom stereocenters. The van der Waals surface area contributed by atoms with Gasteiger partial charge in [0.25, 0.3) is 0 Å². The molecular formula is C9H21N3O. The summed E-state index contributed by atoms with van der Waals surface area (Å²) in [4.78, 5) is 2.24. The molecular weight excluding hydrogens is 166 g/mol. The maximum atomic E-state index is 9.47. The number of aliphatic hydroxyl groups is 1. The molecule has 0 aromatic rings. The van der Waals surface area contributed by atoms with Gasteiger partial charge in [-0.15, -0.1) is 0 Å². The van der Waals surface area contributed by atoms with Crippen molar-refractivity contribution in [1.29, 1.82) is 0 Å². The molecule has 0 aliphatic carbocycles. The van der Waals surface area contributed by atoms with Crippen molar-refractivity contribution in [2.24, 2.45) is 17.4 Å². The van der Waals surface area contributed by atoms with Gasteiger partial charge in [0.1, 0.15) is 0 Å². The molecule has 4 heteroatoms.